The van der Waals surface area contributed by atoms with Gasteiger partial charge in [-0.25, -0.2) is 0 Å². The lowest BCUT2D eigenvalue weighted by Crippen LogP contribution is -2.53. The summed E-state index contributed by atoms with van der Waals surface area (Å²) in [5.74, 6) is -0.133. The third-order valence-corrected chi connectivity index (χ3v) is 4.00. The Morgan fingerprint density at radius 1 is 1.29 bits per heavy atom. The third kappa shape index (κ3) is 5.28. The number of nitrogens with one attached hydrogen (secondary N) is 1. The van der Waals surface area contributed by atoms with Crippen LogP contribution in [-0.4, -0.2) is 41.3 Å². The molecule has 120 valence electrons. The summed E-state index contributed by atoms with van der Waals surface area (Å²) >= 11 is 0. The van der Waals surface area contributed by atoms with Crippen molar-refractivity contribution in [2.45, 2.75) is 63.6 Å². The summed E-state index contributed by atoms with van der Waals surface area (Å²) in [5, 5.41) is 11.4. The van der Waals surface area contributed by atoms with Crippen LogP contribution in [0.5, 0.6) is 0 Å². The summed E-state index contributed by atoms with van der Waals surface area (Å²) in [6.45, 7) is 4.17. The number of rotatable bonds is 9. The van der Waals surface area contributed by atoms with Crippen LogP contribution in [0.15, 0.2) is 0 Å². The van der Waals surface area contributed by atoms with Gasteiger partial charge in [-0.15, -0.1) is 0 Å². The Kier molecular flexibility index (Phi) is 4.88. The van der Waals surface area contributed by atoms with E-state index in [0.717, 1.165) is 0 Å². The maximum atomic E-state index is 11.9. The van der Waals surface area contributed by atoms with Gasteiger partial charge >= 0.3 is 5.97 Å². The van der Waals surface area contributed by atoms with Crippen LogP contribution in [0, 0.1) is 11.8 Å². The zero-order chi connectivity index (χ0) is 15.6. The van der Waals surface area contributed by atoms with Crippen molar-refractivity contribution in [2.24, 2.45) is 17.6 Å². The molecule has 0 spiro atoms. The zero-order valence-electron chi connectivity index (χ0n) is 12.8. The molecular weight excluding hydrogens is 272 g/mol. The average Bonchev–Trinajstić information content (AvgIpc) is 3.22. The summed E-state index contributed by atoms with van der Waals surface area (Å²) in [7, 11) is 0. The lowest BCUT2D eigenvalue weighted by molar-refractivity contribution is -0.140. The Bertz CT molecular complexity index is 390. The van der Waals surface area contributed by atoms with Crippen LogP contribution >= 0.6 is 0 Å². The van der Waals surface area contributed by atoms with Gasteiger partial charge in [0, 0.05) is 0 Å². The molecule has 0 aliphatic heterocycles. The van der Waals surface area contributed by atoms with Gasteiger partial charge in [-0.05, 0) is 51.4 Å². The molecule has 6 heteroatoms. The molecule has 2 fully saturated rings. The number of carboxylic acid groups (broad SMARTS) is 1. The minimum Gasteiger partial charge on any atom is -0.481 e. The number of hydrogen-bond acceptors (Lipinski definition) is 4. The third-order valence-electron chi connectivity index (χ3n) is 4.00. The van der Waals surface area contributed by atoms with Gasteiger partial charge in [0.2, 0.25) is 5.91 Å². The molecule has 6 nitrogen and oxygen atoms in total. The summed E-state index contributed by atoms with van der Waals surface area (Å²) < 4.78 is 6.04. The highest BCUT2D eigenvalue weighted by atomic mass is 16.5. The number of carboxylic acids is 1. The maximum Gasteiger partial charge on any atom is 0.305 e. The monoisotopic (exact) mass is 298 g/mol. The Balaban J connectivity index is 1.77. The smallest absolute Gasteiger partial charge is 0.305 e. The summed E-state index contributed by atoms with van der Waals surface area (Å²) in [5.41, 5.74) is 5.02. The lowest BCUT2D eigenvalue weighted by atomic mass is 10.0. The fraction of sp³-hybridized carbons (Fsp3) is 0.867. The predicted octanol–water partition coefficient (Wildman–Crippen LogP) is 0.888. The molecule has 1 atom stereocenters. The van der Waals surface area contributed by atoms with Crippen molar-refractivity contribution in [1.82, 2.24) is 5.32 Å². The molecule has 0 aromatic heterocycles. The lowest BCUT2D eigenvalue weighted by Gasteiger charge is -2.30. The molecule has 0 heterocycles. The largest absolute Gasteiger partial charge is 0.481 e. The van der Waals surface area contributed by atoms with Crippen LogP contribution in [0.2, 0.25) is 0 Å². The number of hydrogen-bond donors (Lipinski definition) is 3. The Labute approximate surface area is 125 Å². The number of aliphatic carboxylic acids is 1. The van der Waals surface area contributed by atoms with E-state index in [4.69, 9.17) is 15.6 Å². The Hall–Kier alpha value is -1.14. The molecule has 0 unspecified atom stereocenters. The SMILES string of the molecule is CC(C)(COC(C1CC1)C1CC1)NC(=O)[C@@H](N)CC(=O)O. The molecule has 0 aromatic rings. The van der Waals surface area contributed by atoms with Gasteiger partial charge in [-0.1, -0.05) is 0 Å². The predicted molar refractivity (Wildman–Crippen MR) is 77.6 cm³/mol. The minimum absolute atomic E-state index is 0.328. The van der Waals surface area contributed by atoms with Crippen LogP contribution in [0.25, 0.3) is 0 Å². The van der Waals surface area contributed by atoms with Crippen molar-refractivity contribution < 1.29 is 19.4 Å². The first-order chi connectivity index (χ1) is 9.78. The van der Waals surface area contributed by atoms with Crippen molar-refractivity contribution in [2.75, 3.05) is 6.61 Å². The fourth-order valence-electron chi connectivity index (χ4n) is 2.55. The molecule has 4 N–H and O–H groups in total. The number of amides is 1. The molecular formula is C15H26N2O4. The second kappa shape index (κ2) is 6.32. The molecule has 2 saturated carbocycles. The van der Waals surface area contributed by atoms with E-state index >= 15 is 0 Å². The van der Waals surface area contributed by atoms with E-state index in [1.54, 1.807) is 0 Å². The van der Waals surface area contributed by atoms with Gasteiger partial charge in [-0.3, -0.25) is 9.59 Å². The van der Waals surface area contributed by atoms with Crippen LogP contribution in [0.4, 0.5) is 0 Å². The average molecular weight is 298 g/mol. The van der Waals surface area contributed by atoms with Crippen molar-refractivity contribution in [3.63, 3.8) is 0 Å². The highest BCUT2D eigenvalue weighted by molar-refractivity contribution is 5.86. The van der Waals surface area contributed by atoms with E-state index < -0.39 is 23.5 Å². The van der Waals surface area contributed by atoms with E-state index in [1.807, 2.05) is 13.8 Å². The molecule has 2 rings (SSSR count). The van der Waals surface area contributed by atoms with Crippen molar-refractivity contribution in [3.05, 3.63) is 0 Å². The van der Waals surface area contributed by atoms with Crippen molar-refractivity contribution >= 4 is 11.9 Å². The van der Waals surface area contributed by atoms with E-state index in [-0.39, 0.29) is 6.42 Å². The summed E-state index contributed by atoms with van der Waals surface area (Å²) in [6, 6.07) is -1.02. The molecule has 0 radical (unpaired) electrons. The van der Waals surface area contributed by atoms with E-state index in [2.05, 4.69) is 5.32 Å². The van der Waals surface area contributed by atoms with Gasteiger partial charge in [0.1, 0.15) is 0 Å². The van der Waals surface area contributed by atoms with Crippen LogP contribution in [-0.2, 0) is 14.3 Å². The topological polar surface area (TPSA) is 102 Å². The maximum absolute atomic E-state index is 11.9. The molecule has 2 aliphatic rings. The van der Waals surface area contributed by atoms with Crippen molar-refractivity contribution in [3.8, 4) is 0 Å². The number of carbonyl (C=O) groups excluding carboxylic acids is 1. The van der Waals surface area contributed by atoms with Crippen molar-refractivity contribution in [1.29, 1.82) is 0 Å². The van der Waals surface area contributed by atoms with Crippen LogP contribution in [0.3, 0.4) is 0 Å². The van der Waals surface area contributed by atoms with Gasteiger partial charge in [-0.2, -0.15) is 0 Å². The first-order valence-corrected chi connectivity index (χ1v) is 7.69. The van der Waals surface area contributed by atoms with E-state index in [1.165, 1.54) is 25.7 Å². The molecule has 1 amide bonds. The quantitative estimate of drug-likeness (QED) is 0.587. The highest BCUT2D eigenvalue weighted by Gasteiger charge is 2.43. The Morgan fingerprint density at radius 2 is 1.81 bits per heavy atom. The minimum atomic E-state index is -1.07. The Morgan fingerprint density at radius 3 is 2.24 bits per heavy atom. The molecule has 0 aromatic carbocycles. The number of ether oxygens (including phenoxy) is 1. The standard InChI is InChI=1S/C15H26N2O4/c1-15(2,17-14(20)11(16)7-12(18)19)8-21-13(9-3-4-9)10-5-6-10/h9-11,13H,3-8,16H2,1-2H3,(H,17,20)(H,18,19)/t11-/m0/s1. The summed E-state index contributed by atoms with van der Waals surface area (Å²) in [6.07, 6.45) is 4.95. The normalized spacial score (nSPS) is 20.4. The highest BCUT2D eigenvalue weighted by Crippen LogP contribution is 2.46. The first kappa shape index (κ1) is 16.2. The summed E-state index contributed by atoms with van der Waals surface area (Å²) in [4.78, 5) is 22.5. The molecule has 0 bridgehead atoms. The van der Waals surface area contributed by atoms with E-state index in [9.17, 15) is 9.59 Å². The molecule has 0 saturated heterocycles. The molecule has 2 aliphatic carbocycles. The second-order valence-electron chi connectivity index (χ2n) is 7.03. The number of carbonyl (C=O) groups is 2. The first-order valence-electron chi connectivity index (χ1n) is 7.69. The second-order valence-corrected chi connectivity index (χ2v) is 7.03. The number of nitrogens with two attached hydrogens (primary N) is 1. The fourth-order valence-corrected chi connectivity index (χ4v) is 2.55. The van der Waals surface area contributed by atoms with Gasteiger partial charge in [0.25, 0.3) is 0 Å². The van der Waals surface area contributed by atoms with Crippen LogP contribution in [0.1, 0.15) is 46.0 Å². The van der Waals surface area contributed by atoms with Crippen LogP contribution < -0.4 is 11.1 Å². The molecule has 21 heavy (non-hydrogen) atoms. The van der Waals surface area contributed by atoms with E-state index in [0.29, 0.717) is 24.5 Å². The van der Waals surface area contributed by atoms with Gasteiger partial charge < -0.3 is 20.9 Å². The van der Waals surface area contributed by atoms with Gasteiger partial charge in [0.05, 0.1) is 30.7 Å². The van der Waals surface area contributed by atoms with Gasteiger partial charge in [0.15, 0.2) is 0 Å². The zero-order valence-corrected chi connectivity index (χ0v) is 12.8.